The molecule has 3 aromatic rings. The van der Waals surface area contributed by atoms with E-state index in [-0.39, 0.29) is 22.2 Å². The van der Waals surface area contributed by atoms with Crippen molar-refractivity contribution in [3.8, 4) is 5.75 Å². The van der Waals surface area contributed by atoms with Crippen LogP contribution in [-0.4, -0.2) is 18.2 Å². The van der Waals surface area contributed by atoms with E-state index in [0.29, 0.717) is 0 Å². The van der Waals surface area contributed by atoms with Crippen LogP contribution in [0.3, 0.4) is 0 Å². The van der Waals surface area contributed by atoms with E-state index in [1.165, 1.54) is 7.11 Å². The summed E-state index contributed by atoms with van der Waals surface area (Å²) in [6, 6.07) is 25.4. The molecule has 0 fully saturated rings. The first-order chi connectivity index (χ1) is 11.7. The summed E-state index contributed by atoms with van der Waals surface area (Å²) in [5.41, 5.74) is 0.172. The molecule has 0 amide bonds. The molecule has 0 heterocycles. The number of hydrogen-bond acceptors (Lipinski definition) is 3. The zero-order valence-corrected chi connectivity index (χ0v) is 14.0. The van der Waals surface area contributed by atoms with E-state index in [1.54, 1.807) is 12.1 Å². The van der Waals surface area contributed by atoms with Crippen LogP contribution in [0.1, 0.15) is 10.4 Å². The molecule has 3 aromatic carbocycles. The van der Waals surface area contributed by atoms with Crippen LogP contribution < -0.4 is 0 Å². The van der Waals surface area contributed by atoms with E-state index in [0.717, 1.165) is 14.7 Å². The first-order valence-electron chi connectivity index (χ1n) is 7.46. The summed E-state index contributed by atoms with van der Waals surface area (Å²) in [5, 5.41) is 10.2. The Morgan fingerprint density at radius 1 is 0.833 bits per heavy atom. The molecule has 0 aliphatic heterocycles. The van der Waals surface area contributed by atoms with Gasteiger partial charge in [-0.25, -0.2) is 4.79 Å². The zero-order chi connectivity index (χ0) is 16.9. The molecule has 0 spiro atoms. The topological polar surface area (TPSA) is 46.5 Å². The maximum atomic E-state index is 11.7. The van der Waals surface area contributed by atoms with Gasteiger partial charge in [0.2, 0.25) is 0 Å². The van der Waals surface area contributed by atoms with Gasteiger partial charge >= 0.3 is 5.97 Å². The molecule has 0 atom stereocenters. The van der Waals surface area contributed by atoms with Crippen LogP contribution in [-0.2, 0) is 15.6 Å². The van der Waals surface area contributed by atoms with Crippen molar-refractivity contribution in [2.45, 2.75) is 14.7 Å². The third-order valence-electron chi connectivity index (χ3n) is 3.57. The van der Waals surface area contributed by atoms with Gasteiger partial charge in [0.25, 0.3) is 0 Å². The Balaban J connectivity index is 2.10. The number of phenolic OH excluding ortho intramolecular Hbond substituents is 1. The maximum Gasteiger partial charge on any atom is 0.341 e. The first kappa shape index (κ1) is 16.1. The molecule has 0 saturated carbocycles. The zero-order valence-electron chi connectivity index (χ0n) is 13.2. The molecule has 0 saturated heterocycles. The monoisotopic (exact) mass is 337 g/mol. The fourth-order valence-corrected chi connectivity index (χ4v) is 4.55. The van der Waals surface area contributed by atoms with Crippen LogP contribution in [0.2, 0.25) is 0 Å². The molecular formula is C20H17O3S+. The number of hydrogen-bond donors (Lipinski definition) is 1. The summed E-state index contributed by atoms with van der Waals surface area (Å²) < 4.78 is 4.69. The van der Waals surface area contributed by atoms with Crippen molar-refractivity contribution in [1.82, 2.24) is 0 Å². The Bertz CT molecular complexity index is 793. The smallest absolute Gasteiger partial charge is 0.341 e. The fraction of sp³-hybridized carbons (Fsp3) is 0.0500. The number of ether oxygens (including phenoxy) is 1. The Morgan fingerprint density at radius 3 is 1.83 bits per heavy atom. The van der Waals surface area contributed by atoms with Crippen LogP contribution in [0.4, 0.5) is 0 Å². The maximum absolute atomic E-state index is 11.7. The lowest BCUT2D eigenvalue weighted by molar-refractivity contribution is 0.0597. The van der Waals surface area contributed by atoms with E-state index in [9.17, 15) is 9.90 Å². The SMILES string of the molecule is COC(=O)c1ccc([S+](c2ccccc2)c2ccccc2)cc1O. The summed E-state index contributed by atoms with van der Waals surface area (Å²) in [5.74, 6) is -0.609. The minimum atomic E-state index is -0.543. The summed E-state index contributed by atoms with van der Waals surface area (Å²) >= 11 is 0. The Hall–Kier alpha value is -2.72. The Morgan fingerprint density at radius 2 is 1.38 bits per heavy atom. The van der Waals surface area contributed by atoms with Gasteiger partial charge in [0.05, 0.1) is 18.0 Å². The number of rotatable bonds is 4. The third kappa shape index (κ3) is 3.29. The number of esters is 1. The molecule has 3 nitrogen and oxygen atoms in total. The van der Waals surface area contributed by atoms with Crippen molar-refractivity contribution < 1.29 is 14.6 Å². The van der Waals surface area contributed by atoms with E-state index < -0.39 is 5.97 Å². The van der Waals surface area contributed by atoms with Gasteiger partial charge in [-0.1, -0.05) is 36.4 Å². The molecule has 0 aliphatic carbocycles. The summed E-state index contributed by atoms with van der Waals surface area (Å²) in [4.78, 5) is 14.9. The lowest BCUT2D eigenvalue weighted by atomic mass is 10.2. The number of phenols is 1. The Kier molecular flexibility index (Phi) is 4.87. The van der Waals surface area contributed by atoms with Crippen LogP contribution in [0.25, 0.3) is 0 Å². The van der Waals surface area contributed by atoms with Crippen molar-refractivity contribution in [3.63, 3.8) is 0 Å². The van der Waals surface area contributed by atoms with Crippen molar-refractivity contribution in [2.24, 2.45) is 0 Å². The van der Waals surface area contributed by atoms with Crippen molar-refractivity contribution in [1.29, 1.82) is 0 Å². The van der Waals surface area contributed by atoms with Gasteiger partial charge in [-0.2, -0.15) is 0 Å². The van der Waals surface area contributed by atoms with Crippen LogP contribution >= 0.6 is 0 Å². The quantitative estimate of drug-likeness (QED) is 0.571. The van der Waals surface area contributed by atoms with Gasteiger partial charge < -0.3 is 9.84 Å². The summed E-state index contributed by atoms with van der Waals surface area (Å²) in [6.07, 6.45) is 0. The van der Waals surface area contributed by atoms with E-state index in [1.807, 2.05) is 42.5 Å². The van der Waals surface area contributed by atoms with Gasteiger partial charge in [-0.15, -0.1) is 0 Å². The largest absolute Gasteiger partial charge is 0.507 e. The number of aromatic hydroxyl groups is 1. The van der Waals surface area contributed by atoms with Crippen LogP contribution in [0, 0.1) is 0 Å². The van der Waals surface area contributed by atoms with E-state index >= 15 is 0 Å². The molecule has 0 radical (unpaired) electrons. The van der Waals surface area contributed by atoms with Gasteiger partial charge in [0.15, 0.2) is 14.7 Å². The number of carbonyl (C=O) groups excluding carboxylic acids is 1. The second-order valence-corrected chi connectivity index (χ2v) is 7.13. The van der Waals surface area contributed by atoms with Crippen molar-refractivity contribution in [3.05, 3.63) is 84.4 Å². The lowest BCUT2D eigenvalue weighted by Gasteiger charge is -2.09. The lowest BCUT2D eigenvalue weighted by Crippen LogP contribution is -2.06. The first-order valence-corrected chi connectivity index (χ1v) is 8.69. The molecule has 0 unspecified atom stereocenters. The predicted octanol–water partition coefficient (Wildman–Crippen LogP) is 4.27. The van der Waals surface area contributed by atoms with Gasteiger partial charge in [-0.05, 0) is 36.4 Å². The molecule has 0 aliphatic rings. The van der Waals surface area contributed by atoms with Crippen molar-refractivity contribution >= 4 is 16.9 Å². The average molecular weight is 337 g/mol. The Labute approximate surface area is 143 Å². The van der Waals surface area contributed by atoms with Crippen LogP contribution in [0.15, 0.2) is 93.5 Å². The second kappa shape index (κ2) is 7.23. The van der Waals surface area contributed by atoms with E-state index in [4.69, 9.17) is 4.74 Å². The standard InChI is InChI=1S/C20H16O3S/c1-23-20(22)18-13-12-17(14-19(18)21)24(15-8-4-2-5-9-15)16-10-6-3-7-11-16/h2-14H,1H3/p+1. The van der Waals surface area contributed by atoms with Gasteiger partial charge in [0.1, 0.15) is 11.3 Å². The highest BCUT2D eigenvalue weighted by Crippen LogP contribution is 2.33. The van der Waals surface area contributed by atoms with E-state index in [2.05, 4.69) is 24.3 Å². The molecule has 3 rings (SSSR count). The molecule has 0 aromatic heterocycles. The van der Waals surface area contributed by atoms with Crippen molar-refractivity contribution in [2.75, 3.05) is 7.11 Å². The summed E-state index contributed by atoms with van der Waals surface area (Å²) in [6.45, 7) is 0. The fourth-order valence-electron chi connectivity index (χ4n) is 2.44. The molecule has 1 N–H and O–H groups in total. The number of benzene rings is 3. The molecular weight excluding hydrogens is 320 g/mol. The number of methoxy groups -OCH3 is 1. The normalized spacial score (nSPS) is 10.6. The molecule has 120 valence electrons. The van der Waals surface area contributed by atoms with Gasteiger partial charge in [0, 0.05) is 6.07 Å². The summed E-state index contributed by atoms with van der Waals surface area (Å²) in [7, 11) is 0.939. The highest BCUT2D eigenvalue weighted by atomic mass is 32.2. The van der Waals surface area contributed by atoms with Crippen LogP contribution in [0.5, 0.6) is 5.75 Å². The highest BCUT2D eigenvalue weighted by molar-refractivity contribution is 7.97. The molecule has 0 bridgehead atoms. The predicted molar refractivity (Wildman–Crippen MR) is 94.5 cm³/mol. The highest BCUT2D eigenvalue weighted by Gasteiger charge is 2.29. The minimum absolute atomic E-state index is 0.0660. The minimum Gasteiger partial charge on any atom is -0.507 e. The second-order valence-electron chi connectivity index (χ2n) is 5.10. The molecule has 4 heteroatoms. The average Bonchev–Trinajstić information content (AvgIpc) is 2.63. The molecule has 24 heavy (non-hydrogen) atoms. The van der Waals surface area contributed by atoms with Gasteiger partial charge in [-0.3, -0.25) is 0 Å². The number of carbonyl (C=O) groups is 1. The third-order valence-corrected chi connectivity index (χ3v) is 5.78.